The molecule has 0 bridgehead atoms. The summed E-state index contributed by atoms with van der Waals surface area (Å²) in [6.45, 7) is 1.61. The van der Waals surface area contributed by atoms with E-state index in [1.54, 1.807) is 25.1 Å². The van der Waals surface area contributed by atoms with Crippen LogP contribution in [0.4, 0.5) is 8.78 Å². The minimum Gasteiger partial charge on any atom is -0.449 e. The highest BCUT2D eigenvalue weighted by Gasteiger charge is 2.60. The summed E-state index contributed by atoms with van der Waals surface area (Å²) in [5, 5.41) is 9.15. The number of halogens is 2. The van der Waals surface area contributed by atoms with E-state index in [4.69, 9.17) is 14.6 Å². The third-order valence-electron chi connectivity index (χ3n) is 3.00. The van der Waals surface area contributed by atoms with Crippen molar-refractivity contribution in [1.82, 2.24) is 0 Å². The average Bonchev–Trinajstić information content (AvgIpc) is 2.63. The van der Waals surface area contributed by atoms with E-state index in [0.717, 1.165) is 0 Å². The molecule has 3 atom stereocenters. The van der Waals surface area contributed by atoms with Crippen LogP contribution >= 0.6 is 0 Å². The first-order valence-corrected chi connectivity index (χ1v) is 5.94. The summed E-state index contributed by atoms with van der Waals surface area (Å²) in [6.07, 6.45) is -4.83. The Morgan fingerprint density at radius 3 is 2.63 bits per heavy atom. The van der Waals surface area contributed by atoms with E-state index in [1.807, 2.05) is 0 Å². The molecule has 1 aromatic rings. The molecule has 4 nitrogen and oxygen atoms in total. The highest BCUT2D eigenvalue weighted by Crippen LogP contribution is 2.38. The van der Waals surface area contributed by atoms with E-state index in [-0.39, 0.29) is 12.0 Å². The number of benzene rings is 1. The minimum absolute atomic E-state index is 0.176. The van der Waals surface area contributed by atoms with Crippen LogP contribution in [0.2, 0.25) is 0 Å². The fourth-order valence-corrected chi connectivity index (χ4v) is 1.94. The summed E-state index contributed by atoms with van der Waals surface area (Å²) in [7, 11) is 0. The molecular formula is C13H14F2O4. The summed E-state index contributed by atoms with van der Waals surface area (Å²) >= 11 is 0. The number of aliphatic hydroxyl groups excluding tert-OH is 1. The summed E-state index contributed by atoms with van der Waals surface area (Å²) in [5.74, 6) is -4.47. The van der Waals surface area contributed by atoms with Crippen molar-refractivity contribution in [3.63, 3.8) is 0 Å². The largest absolute Gasteiger partial charge is 0.449 e. The van der Waals surface area contributed by atoms with Gasteiger partial charge in [-0.15, -0.1) is 0 Å². The predicted octanol–water partition coefficient (Wildman–Crippen LogP) is 1.97. The Labute approximate surface area is 108 Å². The van der Waals surface area contributed by atoms with Gasteiger partial charge in [-0.2, -0.15) is 8.78 Å². The predicted molar refractivity (Wildman–Crippen MR) is 61.8 cm³/mol. The molecule has 0 aliphatic carbocycles. The zero-order chi connectivity index (χ0) is 14.0. The van der Waals surface area contributed by atoms with Gasteiger partial charge in [-0.05, 0) is 18.6 Å². The zero-order valence-electron chi connectivity index (χ0n) is 10.3. The lowest BCUT2D eigenvalue weighted by Crippen LogP contribution is -2.43. The second-order valence-electron chi connectivity index (χ2n) is 4.30. The summed E-state index contributed by atoms with van der Waals surface area (Å²) < 4.78 is 36.8. The van der Waals surface area contributed by atoms with Crippen molar-refractivity contribution in [1.29, 1.82) is 0 Å². The van der Waals surface area contributed by atoms with Crippen LogP contribution in [-0.2, 0) is 9.47 Å². The monoisotopic (exact) mass is 272 g/mol. The lowest BCUT2D eigenvalue weighted by Gasteiger charge is -2.22. The molecule has 104 valence electrons. The number of hydrogen-bond donors (Lipinski definition) is 1. The van der Waals surface area contributed by atoms with Crippen molar-refractivity contribution in [3.05, 3.63) is 35.9 Å². The van der Waals surface area contributed by atoms with E-state index >= 15 is 0 Å². The number of rotatable bonds is 3. The molecule has 1 fully saturated rings. The van der Waals surface area contributed by atoms with E-state index < -0.39 is 30.4 Å². The van der Waals surface area contributed by atoms with E-state index in [9.17, 15) is 13.6 Å². The number of aliphatic hydroxyl groups is 1. The fourth-order valence-electron chi connectivity index (χ4n) is 1.94. The maximum atomic E-state index is 13.7. The maximum absolute atomic E-state index is 13.7. The average molecular weight is 272 g/mol. The molecule has 0 saturated carbocycles. The Kier molecular flexibility index (Phi) is 3.82. The topological polar surface area (TPSA) is 55.8 Å². The van der Waals surface area contributed by atoms with Gasteiger partial charge in [0.25, 0.3) is 0 Å². The number of carbonyl (C=O) groups is 1. The van der Waals surface area contributed by atoms with Gasteiger partial charge in [0.15, 0.2) is 6.10 Å². The highest BCUT2D eigenvalue weighted by atomic mass is 19.3. The Balaban J connectivity index is 2.15. The number of hydrogen-bond acceptors (Lipinski definition) is 4. The molecule has 1 aromatic carbocycles. The first kappa shape index (κ1) is 13.9. The Morgan fingerprint density at radius 2 is 2.05 bits per heavy atom. The van der Waals surface area contributed by atoms with E-state index in [1.165, 1.54) is 12.1 Å². The van der Waals surface area contributed by atoms with E-state index in [2.05, 4.69) is 0 Å². The van der Waals surface area contributed by atoms with Crippen molar-refractivity contribution < 1.29 is 28.2 Å². The first-order chi connectivity index (χ1) is 8.96. The fraction of sp³-hybridized carbons (Fsp3) is 0.462. The van der Waals surface area contributed by atoms with Gasteiger partial charge in [0.05, 0.1) is 5.56 Å². The van der Waals surface area contributed by atoms with Crippen LogP contribution in [0.5, 0.6) is 0 Å². The lowest BCUT2D eigenvalue weighted by molar-refractivity contribution is -0.198. The minimum atomic E-state index is -3.61. The van der Waals surface area contributed by atoms with Crippen molar-refractivity contribution in [3.8, 4) is 0 Å². The van der Waals surface area contributed by atoms with Crippen LogP contribution in [0.15, 0.2) is 30.3 Å². The SMILES string of the molecule is CC[C@H]1OC(O)C(F)(F)C1OC(=O)c1ccccc1. The molecule has 19 heavy (non-hydrogen) atoms. The molecular weight excluding hydrogens is 258 g/mol. The molecule has 6 heteroatoms. The van der Waals surface area contributed by atoms with Crippen LogP contribution in [-0.4, -0.2) is 35.5 Å². The van der Waals surface area contributed by atoms with Gasteiger partial charge < -0.3 is 14.6 Å². The van der Waals surface area contributed by atoms with Crippen LogP contribution < -0.4 is 0 Å². The smallest absolute Gasteiger partial charge is 0.338 e. The van der Waals surface area contributed by atoms with Gasteiger partial charge in [0.1, 0.15) is 6.10 Å². The van der Waals surface area contributed by atoms with Gasteiger partial charge in [-0.1, -0.05) is 25.1 Å². The quantitative estimate of drug-likeness (QED) is 0.855. The standard InChI is InChI=1S/C13H14F2O4/c1-2-9-10(13(14,15)12(17)18-9)19-11(16)8-6-4-3-5-7-8/h3-7,9-10,12,17H,2H2,1H3/t9-,10?,12?/m1/s1. The molecule has 1 aliphatic rings. The Morgan fingerprint density at radius 1 is 1.42 bits per heavy atom. The molecule has 1 N–H and O–H groups in total. The van der Waals surface area contributed by atoms with E-state index in [0.29, 0.717) is 0 Å². The van der Waals surface area contributed by atoms with Crippen LogP contribution in [0.25, 0.3) is 0 Å². The first-order valence-electron chi connectivity index (χ1n) is 5.94. The molecule has 0 spiro atoms. The summed E-state index contributed by atoms with van der Waals surface area (Å²) in [4.78, 5) is 11.8. The van der Waals surface area contributed by atoms with Crippen LogP contribution in [0, 0.1) is 0 Å². The Hall–Kier alpha value is -1.53. The zero-order valence-corrected chi connectivity index (χ0v) is 10.3. The van der Waals surface area contributed by atoms with Crippen LogP contribution in [0.3, 0.4) is 0 Å². The Bertz CT molecular complexity index is 449. The highest BCUT2D eigenvalue weighted by molar-refractivity contribution is 5.89. The summed E-state index contributed by atoms with van der Waals surface area (Å²) in [5.41, 5.74) is 0.176. The lowest BCUT2D eigenvalue weighted by atomic mass is 10.1. The second kappa shape index (κ2) is 5.22. The molecule has 1 aliphatic heterocycles. The second-order valence-corrected chi connectivity index (χ2v) is 4.30. The van der Waals surface area contributed by atoms with Crippen molar-refractivity contribution in [2.75, 3.05) is 0 Å². The molecule has 0 amide bonds. The van der Waals surface area contributed by atoms with Crippen molar-refractivity contribution in [2.24, 2.45) is 0 Å². The normalized spacial score (nSPS) is 29.2. The molecule has 0 radical (unpaired) electrons. The number of ether oxygens (including phenoxy) is 2. The molecule has 2 unspecified atom stereocenters. The van der Waals surface area contributed by atoms with Gasteiger partial charge in [-0.25, -0.2) is 4.79 Å². The number of carbonyl (C=O) groups excluding carboxylic acids is 1. The molecule has 2 rings (SSSR count). The van der Waals surface area contributed by atoms with Crippen molar-refractivity contribution >= 4 is 5.97 Å². The van der Waals surface area contributed by atoms with Gasteiger partial charge in [0.2, 0.25) is 6.29 Å². The van der Waals surface area contributed by atoms with Gasteiger partial charge in [-0.3, -0.25) is 0 Å². The molecule has 1 heterocycles. The van der Waals surface area contributed by atoms with Gasteiger partial charge in [0, 0.05) is 0 Å². The van der Waals surface area contributed by atoms with Gasteiger partial charge >= 0.3 is 11.9 Å². The summed E-state index contributed by atoms with van der Waals surface area (Å²) in [6, 6.07) is 7.84. The third kappa shape index (κ3) is 2.59. The van der Waals surface area contributed by atoms with Crippen LogP contribution in [0.1, 0.15) is 23.7 Å². The molecule has 1 saturated heterocycles. The molecule has 0 aromatic heterocycles. The van der Waals surface area contributed by atoms with Crippen molar-refractivity contribution in [2.45, 2.75) is 37.8 Å². The number of alkyl halides is 2. The third-order valence-corrected chi connectivity index (χ3v) is 3.00. The maximum Gasteiger partial charge on any atom is 0.338 e. The number of esters is 1.